The molecule has 1 fully saturated rings. The zero-order valence-corrected chi connectivity index (χ0v) is 23.8. The van der Waals surface area contributed by atoms with Crippen molar-refractivity contribution in [1.82, 2.24) is 0 Å². The van der Waals surface area contributed by atoms with Gasteiger partial charge in [0.2, 0.25) is 0 Å². The van der Waals surface area contributed by atoms with Crippen LogP contribution in [0.15, 0.2) is 0 Å². The van der Waals surface area contributed by atoms with E-state index in [9.17, 15) is 19.2 Å². The summed E-state index contributed by atoms with van der Waals surface area (Å²) in [5.74, 6) is -2.36. The van der Waals surface area contributed by atoms with E-state index in [1.807, 2.05) is 0 Å². The van der Waals surface area contributed by atoms with Gasteiger partial charge >= 0.3 is 23.9 Å². The number of carbonyl (C=O) groups excluding carboxylic acids is 4. The third-order valence-corrected chi connectivity index (χ3v) is 5.23. The quantitative estimate of drug-likeness (QED) is 0.429. The standard InChI is InChI=1S/C26H45NO9/c1-23(2,3)19(28)32-13-14-15(34-20(29)24(4,5)6)16(35-21(30)25(7,8)9)17(18(27)33-14)36-22(31)26(10,11)12/h14-18H,13,27H2,1-12H3/t14-,15+,16-,17-,18+/m0/s1. The number of carbonyl (C=O) groups is 4. The van der Waals surface area contributed by atoms with Crippen LogP contribution in [0, 0.1) is 21.7 Å². The molecule has 36 heavy (non-hydrogen) atoms. The Morgan fingerprint density at radius 1 is 0.583 bits per heavy atom. The van der Waals surface area contributed by atoms with E-state index < -0.39 is 76.2 Å². The van der Waals surface area contributed by atoms with Crippen LogP contribution in [0.5, 0.6) is 0 Å². The van der Waals surface area contributed by atoms with Crippen LogP contribution < -0.4 is 5.73 Å². The molecule has 1 rings (SSSR count). The van der Waals surface area contributed by atoms with E-state index in [1.54, 1.807) is 83.1 Å². The van der Waals surface area contributed by atoms with Gasteiger partial charge in [0.15, 0.2) is 18.3 Å². The molecule has 0 spiro atoms. The third-order valence-electron chi connectivity index (χ3n) is 5.23. The minimum atomic E-state index is -1.31. The lowest BCUT2D eigenvalue weighted by Gasteiger charge is -2.45. The summed E-state index contributed by atoms with van der Waals surface area (Å²) in [6.07, 6.45) is -6.20. The van der Waals surface area contributed by atoms with Gasteiger partial charge in [-0.25, -0.2) is 0 Å². The van der Waals surface area contributed by atoms with Crippen molar-refractivity contribution in [3.05, 3.63) is 0 Å². The molecule has 0 bridgehead atoms. The Bertz CT molecular complexity index is 824. The molecule has 208 valence electrons. The molecule has 5 atom stereocenters. The summed E-state index contributed by atoms with van der Waals surface area (Å²) in [5.41, 5.74) is 2.71. The first kappa shape index (κ1) is 31.8. The van der Waals surface area contributed by atoms with Gasteiger partial charge in [-0.3, -0.25) is 19.2 Å². The van der Waals surface area contributed by atoms with Crippen LogP contribution in [0.4, 0.5) is 0 Å². The van der Waals surface area contributed by atoms with E-state index in [4.69, 9.17) is 29.4 Å². The highest BCUT2D eigenvalue weighted by atomic mass is 16.7. The van der Waals surface area contributed by atoms with Crippen molar-refractivity contribution in [3.63, 3.8) is 0 Å². The molecule has 0 amide bonds. The van der Waals surface area contributed by atoms with E-state index >= 15 is 0 Å². The van der Waals surface area contributed by atoms with Gasteiger partial charge in [0.1, 0.15) is 18.9 Å². The normalized spacial score (nSPS) is 25.5. The van der Waals surface area contributed by atoms with Gasteiger partial charge in [0.25, 0.3) is 0 Å². The van der Waals surface area contributed by atoms with Crippen LogP contribution in [-0.4, -0.2) is 61.1 Å². The van der Waals surface area contributed by atoms with E-state index in [0.29, 0.717) is 0 Å². The van der Waals surface area contributed by atoms with Gasteiger partial charge in [0, 0.05) is 0 Å². The topological polar surface area (TPSA) is 140 Å². The van der Waals surface area contributed by atoms with Crippen molar-refractivity contribution < 1.29 is 42.9 Å². The molecule has 2 N–H and O–H groups in total. The maximum Gasteiger partial charge on any atom is 0.311 e. The highest BCUT2D eigenvalue weighted by molar-refractivity contribution is 5.78. The van der Waals surface area contributed by atoms with E-state index in [0.717, 1.165) is 0 Å². The minimum Gasteiger partial charge on any atom is -0.462 e. The molecule has 10 heteroatoms. The summed E-state index contributed by atoms with van der Waals surface area (Å²) in [6, 6.07) is 0. The number of hydrogen-bond donors (Lipinski definition) is 1. The first-order chi connectivity index (χ1) is 16.0. The largest absolute Gasteiger partial charge is 0.462 e. The van der Waals surface area contributed by atoms with Gasteiger partial charge in [-0.15, -0.1) is 0 Å². The van der Waals surface area contributed by atoms with Crippen LogP contribution in [0.3, 0.4) is 0 Å². The SMILES string of the molecule is CC(C)(C)C(=O)OC[C@@H]1O[C@@H](N)[C@@H](OC(=O)C(C)(C)C)[C@@H](OC(=O)C(C)(C)C)[C@@H]1OC(=O)C(C)(C)C. The zero-order valence-electron chi connectivity index (χ0n) is 23.8. The summed E-state index contributed by atoms with van der Waals surface area (Å²) in [7, 11) is 0. The molecule has 1 aliphatic heterocycles. The smallest absolute Gasteiger partial charge is 0.311 e. The number of nitrogens with two attached hydrogens (primary N) is 1. The molecule has 0 radical (unpaired) electrons. The Labute approximate surface area is 214 Å². The van der Waals surface area contributed by atoms with Crippen LogP contribution in [-0.2, 0) is 42.9 Å². The number of hydrogen-bond acceptors (Lipinski definition) is 10. The zero-order chi connectivity index (χ0) is 28.4. The van der Waals surface area contributed by atoms with Crippen molar-refractivity contribution in [2.45, 2.75) is 114 Å². The number of ether oxygens (including phenoxy) is 5. The van der Waals surface area contributed by atoms with Crippen LogP contribution in [0.25, 0.3) is 0 Å². The molecule has 0 aromatic heterocycles. The summed E-state index contributed by atoms with van der Waals surface area (Å²) in [5, 5.41) is 0. The Hall–Kier alpha value is -2.20. The average molecular weight is 516 g/mol. The molecule has 0 saturated carbocycles. The molecule has 10 nitrogen and oxygen atoms in total. The second-order valence-corrected chi connectivity index (χ2v) is 13.3. The van der Waals surface area contributed by atoms with Gasteiger partial charge in [0.05, 0.1) is 21.7 Å². The van der Waals surface area contributed by atoms with Gasteiger partial charge in [-0.1, -0.05) is 0 Å². The number of esters is 4. The van der Waals surface area contributed by atoms with Gasteiger partial charge in [-0.05, 0) is 83.1 Å². The second-order valence-electron chi connectivity index (χ2n) is 13.3. The van der Waals surface area contributed by atoms with Crippen LogP contribution in [0.1, 0.15) is 83.1 Å². The average Bonchev–Trinajstić information content (AvgIpc) is 2.67. The summed E-state index contributed by atoms with van der Waals surface area (Å²) >= 11 is 0. The molecule has 0 aromatic carbocycles. The molecule has 1 heterocycles. The van der Waals surface area contributed by atoms with Crippen molar-refractivity contribution >= 4 is 23.9 Å². The van der Waals surface area contributed by atoms with Crippen molar-refractivity contribution in [1.29, 1.82) is 0 Å². The Balaban J connectivity index is 3.50. The first-order valence-electron chi connectivity index (χ1n) is 12.2. The van der Waals surface area contributed by atoms with E-state index in [-0.39, 0.29) is 6.61 Å². The molecule has 0 aromatic rings. The molecule has 0 unspecified atom stereocenters. The van der Waals surface area contributed by atoms with E-state index in [2.05, 4.69) is 0 Å². The van der Waals surface area contributed by atoms with Crippen molar-refractivity contribution in [3.8, 4) is 0 Å². The van der Waals surface area contributed by atoms with Gasteiger partial charge in [-0.2, -0.15) is 0 Å². The predicted octanol–water partition coefficient (Wildman–Crippen LogP) is 3.13. The minimum absolute atomic E-state index is 0.324. The van der Waals surface area contributed by atoms with Gasteiger partial charge < -0.3 is 29.4 Å². The molecule has 1 saturated heterocycles. The fourth-order valence-electron chi connectivity index (χ4n) is 2.76. The van der Waals surface area contributed by atoms with E-state index in [1.165, 1.54) is 0 Å². The predicted molar refractivity (Wildman–Crippen MR) is 131 cm³/mol. The Morgan fingerprint density at radius 3 is 1.28 bits per heavy atom. The van der Waals surface area contributed by atoms with Crippen molar-refractivity contribution in [2.24, 2.45) is 27.4 Å². The monoisotopic (exact) mass is 515 g/mol. The number of rotatable bonds is 5. The third kappa shape index (κ3) is 8.73. The van der Waals surface area contributed by atoms with Crippen molar-refractivity contribution in [2.75, 3.05) is 6.61 Å². The molecule has 0 aliphatic carbocycles. The maximum absolute atomic E-state index is 12.9. The molecule has 1 aliphatic rings. The molecular formula is C26H45NO9. The summed E-state index contributed by atoms with van der Waals surface area (Å²) in [4.78, 5) is 51.0. The fraction of sp³-hybridized carbons (Fsp3) is 0.846. The lowest BCUT2D eigenvalue weighted by atomic mass is 9.92. The van der Waals surface area contributed by atoms with Crippen LogP contribution >= 0.6 is 0 Å². The second kappa shape index (κ2) is 11.0. The maximum atomic E-state index is 12.9. The Kier molecular flexibility index (Phi) is 9.77. The summed E-state index contributed by atoms with van der Waals surface area (Å²) < 4.78 is 28.5. The highest BCUT2D eigenvalue weighted by Gasteiger charge is 2.53. The highest BCUT2D eigenvalue weighted by Crippen LogP contribution is 2.32. The summed E-state index contributed by atoms with van der Waals surface area (Å²) in [6.45, 7) is 19.7. The van der Waals surface area contributed by atoms with Crippen LogP contribution in [0.2, 0.25) is 0 Å². The Morgan fingerprint density at radius 2 is 0.917 bits per heavy atom. The lowest BCUT2D eigenvalue weighted by Crippen LogP contribution is -2.65. The lowest BCUT2D eigenvalue weighted by molar-refractivity contribution is -0.259. The molecular weight excluding hydrogens is 470 g/mol. The fourth-order valence-corrected chi connectivity index (χ4v) is 2.76. The first-order valence-corrected chi connectivity index (χ1v) is 12.2.